The molecular formula is C23H27N5O3. The van der Waals surface area contributed by atoms with Gasteiger partial charge in [-0.15, -0.1) is 0 Å². The summed E-state index contributed by atoms with van der Waals surface area (Å²) in [5, 5.41) is 7.21. The average Bonchev–Trinajstić information content (AvgIpc) is 3.23. The summed E-state index contributed by atoms with van der Waals surface area (Å²) in [6, 6.07) is 11.0. The zero-order valence-electron chi connectivity index (χ0n) is 17.9. The highest BCUT2D eigenvalue weighted by Gasteiger charge is 2.59. The van der Waals surface area contributed by atoms with E-state index in [4.69, 9.17) is 0 Å². The molecule has 0 bridgehead atoms. The number of aromatic amines is 1. The Morgan fingerprint density at radius 1 is 1.03 bits per heavy atom. The maximum Gasteiger partial charge on any atom is 0.274 e. The zero-order chi connectivity index (χ0) is 21.8. The molecule has 3 heterocycles. The lowest BCUT2D eigenvalue weighted by molar-refractivity contribution is -0.139. The van der Waals surface area contributed by atoms with Gasteiger partial charge < -0.3 is 14.7 Å². The smallest absolute Gasteiger partial charge is 0.274 e. The Kier molecular flexibility index (Phi) is 4.60. The van der Waals surface area contributed by atoms with Crippen molar-refractivity contribution in [1.29, 1.82) is 0 Å². The first-order valence-electron chi connectivity index (χ1n) is 10.8. The molecule has 8 nitrogen and oxygen atoms in total. The molecule has 162 valence electrons. The van der Waals surface area contributed by atoms with E-state index in [1.807, 2.05) is 24.3 Å². The molecular weight excluding hydrogens is 394 g/mol. The number of hydrogen-bond donors (Lipinski definition) is 1. The number of benzene rings is 1. The van der Waals surface area contributed by atoms with Crippen LogP contribution in [0, 0.1) is 11.3 Å². The third kappa shape index (κ3) is 3.30. The number of likely N-dealkylation sites (tertiary alicyclic amines) is 2. The van der Waals surface area contributed by atoms with Gasteiger partial charge in [0.1, 0.15) is 5.69 Å². The van der Waals surface area contributed by atoms with Gasteiger partial charge in [-0.25, -0.2) is 0 Å². The largest absolute Gasteiger partial charge is 0.348 e. The molecule has 1 N–H and O–H groups in total. The summed E-state index contributed by atoms with van der Waals surface area (Å²) in [6.07, 6.45) is 2.26. The predicted molar refractivity (Wildman–Crippen MR) is 113 cm³/mol. The van der Waals surface area contributed by atoms with Crippen LogP contribution in [-0.4, -0.2) is 82.9 Å². The fourth-order valence-corrected chi connectivity index (χ4v) is 5.10. The van der Waals surface area contributed by atoms with Crippen molar-refractivity contribution in [2.45, 2.75) is 18.8 Å². The van der Waals surface area contributed by atoms with Crippen LogP contribution in [0.5, 0.6) is 0 Å². The minimum Gasteiger partial charge on any atom is -0.348 e. The normalized spacial score (nSPS) is 24.9. The van der Waals surface area contributed by atoms with Crippen molar-refractivity contribution in [2.75, 3.05) is 40.3 Å². The number of amides is 3. The number of nitrogens with zero attached hydrogens (tertiary/aromatic N) is 4. The molecule has 1 aliphatic carbocycles. The monoisotopic (exact) mass is 421 g/mol. The number of carbonyl (C=O) groups is 3. The van der Waals surface area contributed by atoms with E-state index in [1.165, 1.54) is 0 Å². The van der Waals surface area contributed by atoms with Gasteiger partial charge in [-0.2, -0.15) is 5.10 Å². The molecule has 1 aromatic heterocycles. The Labute approximate surface area is 181 Å². The molecule has 3 amide bonds. The van der Waals surface area contributed by atoms with Gasteiger partial charge in [-0.3, -0.25) is 19.5 Å². The quantitative estimate of drug-likeness (QED) is 0.812. The second kappa shape index (κ2) is 7.21. The second-order valence-corrected chi connectivity index (χ2v) is 9.27. The Balaban J connectivity index is 1.38. The molecule has 3 fully saturated rings. The topological polar surface area (TPSA) is 89.6 Å². The molecule has 2 aliphatic heterocycles. The molecule has 8 heteroatoms. The van der Waals surface area contributed by atoms with Crippen LogP contribution in [0.1, 0.15) is 45.3 Å². The van der Waals surface area contributed by atoms with Crippen LogP contribution >= 0.6 is 0 Å². The summed E-state index contributed by atoms with van der Waals surface area (Å²) in [4.78, 5) is 44.5. The lowest BCUT2D eigenvalue weighted by atomic mass is 9.80. The number of rotatable bonds is 4. The summed E-state index contributed by atoms with van der Waals surface area (Å²) in [5.41, 5.74) is 1.26. The van der Waals surface area contributed by atoms with Crippen molar-refractivity contribution in [1.82, 2.24) is 24.9 Å². The van der Waals surface area contributed by atoms with E-state index in [9.17, 15) is 14.4 Å². The number of nitrogens with one attached hydrogen (secondary N) is 1. The van der Waals surface area contributed by atoms with E-state index >= 15 is 0 Å². The minimum atomic E-state index is -0.779. The van der Waals surface area contributed by atoms with Gasteiger partial charge in [0.2, 0.25) is 5.91 Å². The van der Waals surface area contributed by atoms with E-state index in [0.29, 0.717) is 43.4 Å². The minimum absolute atomic E-state index is 0.0307. The molecule has 2 saturated heterocycles. The summed E-state index contributed by atoms with van der Waals surface area (Å²) >= 11 is 0. The standard InChI is InChI=1S/C23H27N5O3/c1-26(2)22(31)23-13-27(20(29)16-6-4-3-5-7-16)11-17(23)12-28(14-23)21(30)19-10-18(24-25-19)15-8-9-15/h3-7,10,15,17H,8-9,11-14H2,1-2H3,(H,24,25)/t17-,23-/m0/s1. The van der Waals surface area contributed by atoms with Crippen LogP contribution < -0.4 is 0 Å². The van der Waals surface area contributed by atoms with Crippen LogP contribution in [0.25, 0.3) is 0 Å². The highest BCUT2D eigenvalue weighted by atomic mass is 16.2. The summed E-state index contributed by atoms with van der Waals surface area (Å²) < 4.78 is 0. The average molecular weight is 422 g/mol. The van der Waals surface area contributed by atoms with Crippen molar-refractivity contribution in [3.05, 3.63) is 53.3 Å². The van der Waals surface area contributed by atoms with Gasteiger partial charge >= 0.3 is 0 Å². The Hall–Kier alpha value is -3.16. The number of carbonyl (C=O) groups excluding carboxylic acids is 3. The molecule has 3 aliphatic rings. The summed E-state index contributed by atoms with van der Waals surface area (Å²) in [7, 11) is 3.46. The summed E-state index contributed by atoms with van der Waals surface area (Å²) in [5.74, 6) is 0.147. The first kappa shape index (κ1) is 19.8. The molecule has 0 spiro atoms. The van der Waals surface area contributed by atoms with Crippen molar-refractivity contribution in [3.63, 3.8) is 0 Å². The van der Waals surface area contributed by atoms with Crippen LogP contribution in [0.15, 0.2) is 36.4 Å². The lowest BCUT2D eigenvalue weighted by Gasteiger charge is -2.30. The van der Waals surface area contributed by atoms with Crippen LogP contribution in [0.3, 0.4) is 0 Å². The van der Waals surface area contributed by atoms with Crippen molar-refractivity contribution in [3.8, 4) is 0 Å². The number of H-pyrrole nitrogens is 1. The highest BCUT2D eigenvalue weighted by Crippen LogP contribution is 2.45. The van der Waals surface area contributed by atoms with Gasteiger partial charge in [0.25, 0.3) is 11.8 Å². The Bertz CT molecular complexity index is 1030. The van der Waals surface area contributed by atoms with E-state index in [1.54, 1.807) is 40.9 Å². The van der Waals surface area contributed by atoms with E-state index < -0.39 is 5.41 Å². The van der Waals surface area contributed by atoms with Gasteiger partial charge in [0, 0.05) is 63.4 Å². The Morgan fingerprint density at radius 3 is 2.29 bits per heavy atom. The third-order valence-electron chi connectivity index (χ3n) is 6.87. The van der Waals surface area contributed by atoms with E-state index in [0.717, 1.165) is 18.5 Å². The van der Waals surface area contributed by atoms with Crippen LogP contribution in [0.2, 0.25) is 0 Å². The van der Waals surface area contributed by atoms with Gasteiger partial charge in [0.05, 0.1) is 5.41 Å². The SMILES string of the molecule is CN(C)C(=O)[C@]12CN(C(=O)c3ccccc3)C[C@H]1CN(C(=O)c1cc(C3CC3)[nH]n1)C2. The molecule has 2 aromatic rings. The first-order chi connectivity index (χ1) is 14.9. The van der Waals surface area contributed by atoms with E-state index in [-0.39, 0.29) is 23.6 Å². The highest BCUT2D eigenvalue weighted by molar-refractivity contribution is 5.97. The number of aromatic nitrogens is 2. The van der Waals surface area contributed by atoms with Gasteiger partial charge in [-0.1, -0.05) is 18.2 Å². The number of fused-ring (bicyclic) bond motifs is 1. The van der Waals surface area contributed by atoms with E-state index in [2.05, 4.69) is 10.2 Å². The first-order valence-corrected chi connectivity index (χ1v) is 10.8. The number of hydrogen-bond acceptors (Lipinski definition) is 4. The van der Waals surface area contributed by atoms with Crippen molar-refractivity contribution < 1.29 is 14.4 Å². The molecule has 0 unspecified atom stereocenters. The van der Waals surface area contributed by atoms with Gasteiger partial charge in [-0.05, 0) is 31.0 Å². The molecule has 1 aromatic carbocycles. The van der Waals surface area contributed by atoms with Crippen LogP contribution in [0.4, 0.5) is 0 Å². The predicted octanol–water partition coefficient (Wildman–Crippen LogP) is 1.59. The summed E-state index contributed by atoms with van der Waals surface area (Å²) in [6.45, 7) is 1.53. The zero-order valence-corrected chi connectivity index (χ0v) is 17.9. The maximum absolute atomic E-state index is 13.3. The lowest BCUT2D eigenvalue weighted by Crippen LogP contribution is -2.48. The molecule has 31 heavy (non-hydrogen) atoms. The molecule has 1 saturated carbocycles. The fraction of sp³-hybridized carbons (Fsp3) is 0.478. The molecule has 0 radical (unpaired) electrons. The second-order valence-electron chi connectivity index (χ2n) is 9.27. The van der Waals surface area contributed by atoms with Crippen LogP contribution in [-0.2, 0) is 4.79 Å². The molecule has 2 atom stereocenters. The molecule has 5 rings (SSSR count). The van der Waals surface area contributed by atoms with Crippen molar-refractivity contribution in [2.24, 2.45) is 11.3 Å². The fourth-order valence-electron chi connectivity index (χ4n) is 5.10. The third-order valence-corrected chi connectivity index (χ3v) is 6.87. The Morgan fingerprint density at radius 2 is 1.68 bits per heavy atom. The van der Waals surface area contributed by atoms with Gasteiger partial charge in [0.15, 0.2) is 0 Å². The maximum atomic E-state index is 13.3. The van der Waals surface area contributed by atoms with Crippen molar-refractivity contribution >= 4 is 17.7 Å².